The summed E-state index contributed by atoms with van der Waals surface area (Å²) >= 11 is 9.26. The largest absolute Gasteiger partial charge is 0.444 e. The lowest BCUT2D eigenvalue weighted by Crippen LogP contribution is -1.86. The van der Waals surface area contributed by atoms with Crippen molar-refractivity contribution in [3.63, 3.8) is 0 Å². The molecule has 3 aromatic carbocycles. The normalized spacial score (nSPS) is 11.0. The fourth-order valence-corrected chi connectivity index (χ4v) is 3.99. The van der Waals surface area contributed by atoms with E-state index in [0.717, 1.165) is 43.2 Å². The van der Waals surface area contributed by atoms with Gasteiger partial charge in [0.15, 0.2) is 0 Å². The summed E-state index contributed by atoms with van der Waals surface area (Å²) in [6, 6.07) is 20.5. The van der Waals surface area contributed by atoms with Crippen LogP contribution in [0.3, 0.4) is 0 Å². The molecule has 30 heavy (non-hydrogen) atoms. The molecule has 0 spiro atoms. The van der Waals surface area contributed by atoms with Crippen LogP contribution in [0.25, 0.3) is 45.2 Å². The van der Waals surface area contributed by atoms with Gasteiger partial charge in [-0.05, 0) is 52.6 Å². The topological polar surface area (TPSA) is 52.1 Å². The molecule has 0 saturated heterocycles. The Bertz CT molecular complexity index is 1210. The van der Waals surface area contributed by atoms with Crippen molar-refractivity contribution in [3.05, 3.63) is 85.6 Å². The summed E-state index contributed by atoms with van der Waals surface area (Å²) in [7, 11) is 0. The molecule has 0 saturated carbocycles. The summed E-state index contributed by atoms with van der Waals surface area (Å²) in [5.74, 6) is 1.13. The number of hydrogen-bond acceptors (Lipinski definition) is 6. The van der Waals surface area contributed by atoms with Gasteiger partial charge in [-0.15, -0.1) is 25.3 Å². The predicted octanol–water partition coefficient (Wildman–Crippen LogP) is 6.91. The monoisotopic (exact) mass is 428 g/mol. The van der Waals surface area contributed by atoms with E-state index in [1.54, 1.807) is 24.9 Å². The van der Waals surface area contributed by atoms with Gasteiger partial charge in [-0.25, -0.2) is 9.97 Å². The molecule has 146 valence electrons. The van der Waals surface area contributed by atoms with Gasteiger partial charge in [0.25, 0.3) is 0 Å². The molecular weight excluding hydrogens is 412 g/mol. The molecule has 5 aromatic rings. The van der Waals surface area contributed by atoms with Gasteiger partial charge in [0.05, 0.1) is 23.5 Å². The van der Waals surface area contributed by atoms with Crippen LogP contribution in [0, 0.1) is 0 Å². The van der Waals surface area contributed by atoms with Gasteiger partial charge in [-0.3, -0.25) is 0 Å². The fraction of sp³-hybridized carbons (Fsp3) is 0. The first-order valence-electron chi connectivity index (χ1n) is 9.25. The highest BCUT2D eigenvalue weighted by Gasteiger charge is 2.11. The third-order valence-electron chi connectivity index (χ3n) is 4.85. The van der Waals surface area contributed by atoms with Crippen LogP contribution in [0.4, 0.5) is 0 Å². The Balaban J connectivity index is 1.49. The van der Waals surface area contributed by atoms with Gasteiger partial charge >= 0.3 is 0 Å². The number of thiol groups is 2. The van der Waals surface area contributed by atoms with E-state index in [0.29, 0.717) is 11.8 Å². The third-order valence-corrected chi connectivity index (χ3v) is 5.59. The molecule has 0 atom stereocenters. The molecule has 0 aliphatic rings. The molecule has 5 rings (SSSR count). The van der Waals surface area contributed by atoms with Crippen molar-refractivity contribution in [1.29, 1.82) is 0 Å². The summed E-state index contributed by atoms with van der Waals surface area (Å²) < 4.78 is 10.8. The minimum absolute atomic E-state index is 0.563. The van der Waals surface area contributed by atoms with Crippen molar-refractivity contribution in [3.8, 4) is 45.2 Å². The van der Waals surface area contributed by atoms with Crippen LogP contribution in [0.5, 0.6) is 0 Å². The first kappa shape index (κ1) is 18.8. The van der Waals surface area contributed by atoms with Gasteiger partial charge in [-0.1, -0.05) is 30.3 Å². The van der Waals surface area contributed by atoms with Gasteiger partial charge in [0.1, 0.15) is 12.5 Å². The van der Waals surface area contributed by atoms with Crippen molar-refractivity contribution >= 4 is 25.3 Å². The minimum atomic E-state index is 0.563. The molecular formula is C24H16N2O2S2. The molecule has 2 heterocycles. The molecule has 0 fully saturated rings. The maximum absolute atomic E-state index is 5.39. The van der Waals surface area contributed by atoms with E-state index in [2.05, 4.69) is 53.4 Å². The second-order valence-corrected chi connectivity index (χ2v) is 7.68. The van der Waals surface area contributed by atoms with Gasteiger partial charge < -0.3 is 8.83 Å². The van der Waals surface area contributed by atoms with E-state index in [1.165, 1.54) is 0 Å². The average molecular weight is 429 g/mol. The first-order valence-corrected chi connectivity index (χ1v) is 10.1. The number of benzene rings is 3. The van der Waals surface area contributed by atoms with Crippen LogP contribution >= 0.6 is 25.3 Å². The smallest absolute Gasteiger partial charge is 0.226 e. The summed E-state index contributed by atoms with van der Waals surface area (Å²) in [5, 5.41) is 0. The Hall–Kier alpha value is -3.22. The summed E-state index contributed by atoms with van der Waals surface area (Å²) in [6.45, 7) is 0. The van der Waals surface area contributed by atoms with Crippen molar-refractivity contribution in [2.45, 2.75) is 9.79 Å². The van der Waals surface area contributed by atoms with Crippen LogP contribution in [-0.4, -0.2) is 9.97 Å². The second kappa shape index (κ2) is 7.89. The number of nitrogens with zero attached hydrogens (tertiary/aromatic N) is 2. The quantitative estimate of drug-likeness (QED) is 0.305. The van der Waals surface area contributed by atoms with Gasteiger partial charge in [-0.2, -0.15) is 0 Å². The Kier molecular flexibility index (Phi) is 4.94. The maximum Gasteiger partial charge on any atom is 0.226 e. The Morgan fingerprint density at radius 1 is 0.567 bits per heavy atom. The summed E-state index contributed by atoms with van der Waals surface area (Å²) in [4.78, 5) is 10.0. The van der Waals surface area contributed by atoms with Crippen LogP contribution in [0.15, 0.2) is 104 Å². The molecule has 0 amide bonds. The molecule has 0 bridgehead atoms. The molecule has 0 radical (unpaired) electrons. The molecule has 0 aliphatic heterocycles. The highest BCUT2D eigenvalue weighted by molar-refractivity contribution is 7.80. The van der Waals surface area contributed by atoms with Crippen molar-refractivity contribution < 1.29 is 8.83 Å². The Morgan fingerprint density at radius 3 is 1.43 bits per heavy atom. The van der Waals surface area contributed by atoms with E-state index in [4.69, 9.17) is 8.83 Å². The zero-order chi connectivity index (χ0) is 20.5. The van der Waals surface area contributed by atoms with Gasteiger partial charge in [0.2, 0.25) is 11.8 Å². The molecule has 2 aromatic heterocycles. The third kappa shape index (κ3) is 3.56. The summed E-state index contributed by atoms with van der Waals surface area (Å²) in [6.07, 6.45) is 6.37. The van der Waals surface area contributed by atoms with Crippen LogP contribution in [-0.2, 0) is 0 Å². The predicted molar refractivity (Wildman–Crippen MR) is 123 cm³/mol. The molecule has 6 heteroatoms. The number of aromatic nitrogens is 2. The van der Waals surface area contributed by atoms with Crippen LogP contribution < -0.4 is 0 Å². The standard InChI is InChI=1S/C24H16N2O2S2/c29-21-13-17(4-6-19(21)23-25-8-10-27-23)15-2-1-3-16(12-15)18-5-7-20(22(30)14-18)24-26-9-11-28-24/h1-14,29-30H. The summed E-state index contributed by atoms with van der Waals surface area (Å²) in [5.41, 5.74) is 6.06. The highest BCUT2D eigenvalue weighted by Crippen LogP contribution is 2.34. The molecule has 4 nitrogen and oxygen atoms in total. The van der Waals surface area contributed by atoms with E-state index >= 15 is 0 Å². The molecule has 0 N–H and O–H groups in total. The van der Waals surface area contributed by atoms with E-state index in [9.17, 15) is 0 Å². The van der Waals surface area contributed by atoms with E-state index in [-0.39, 0.29) is 0 Å². The van der Waals surface area contributed by atoms with E-state index < -0.39 is 0 Å². The van der Waals surface area contributed by atoms with Crippen LogP contribution in [0.2, 0.25) is 0 Å². The number of rotatable bonds is 4. The Morgan fingerprint density at radius 2 is 1.03 bits per heavy atom. The lowest BCUT2D eigenvalue weighted by molar-refractivity contribution is 0.573. The first-order chi connectivity index (χ1) is 14.7. The van der Waals surface area contributed by atoms with Crippen molar-refractivity contribution in [2.75, 3.05) is 0 Å². The maximum atomic E-state index is 5.39. The molecule has 0 aliphatic carbocycles. The van der Waals surface area contributed by atoms with E-state index in [1.807, 2.05) is 42.5 Å². The lowest BCUT2D eigenvalue weighted by Gasteiger charge is -2.10. The number of oxazole rings is 2. The minimum Gasteiger partial charge on any atom is -0.444 e. The molecule has 0 unspecified atom stereocenters. The zero-order valence-corrected chi connectivity index (χ0v) is 17.5. The average Bonchev–Trinajstić information content (AvgIpc) is 3.48. The van der Waals surface area contributed by atoms with Crippen molar-refractivity contribution in [2.24, 2.45) is 0 Å². The Labute approximate surface area is 184 Å². The lowest BCUT2D eigenvalue weighted by atomic mass is 9.97. The van der Waals surface area contributed by atoms with Crippen molar-refractivity contribution in [1.82, 2.24) is 9.97 Å². The van der Waals surface area contributed by atoms with Gasteiger partial charge in [0, 0.05) is 9.79 Å². The van der Waals surface area contributed by atoms with Crippen LogP contribution in [0.1, 0.15) is 0 Å². The highest BCUT2D eigenvalue weighted by atomic mass is 32.1. The second-order valence-electron chi connectivity index (χ2n) is 6.72. The number of hydrogen-bond donors (Lipinski definition) is 2. The zero-order valence-electron chi connectivity index (χ0n) is 15.7. The SMILES string of the molecule is Sc1cc(-c2cccc(-c3ccc(-c4ncco4)c(S)c3)c2)ccc1-c1ncco1. The fourth-order valence-electron chi connectivity index (χ4n) is 3.38.